The third-order valence-corrected chi connectivity index (χ3v) is 8.29. The van der Waals surface area contributed by atoms with E-state index < -0.39 is 22.8 Å². The molecule has 0 radical (unpaired) electrons. The standard InChI is InChI=1S/C31H30FN2O3/c1-3-20-19-34(32)15-13-23(20)17-29(34)30(26-12-14-33-28-11-10-25(36-2)18-27(26)28)37-31(35)24-9-8-21-6-4-5-7-22(21)16-24/h3-12,14,16,18,20,23,29-30H,1,13,15,17,19H2,2H3/q+1/t20?,23?,29-,30+,34?/m0/s1. The van der Waals surface area contributed by atoms with E-state index in [1.54, 1.807) is 19.4 Å². The number of aromatic nitrogens is 1. The lowest BCUT2D eigenvalue weighted by Crippen LogP contribution is -2.64. The van der Waals surface area contributed by atoms with E-state index in [4.69, 9.17) is 9.47 Å². The Hall–Kier alpha value is -3.77. The molecule has 0 aliphatic carbocycles. The molecule has 37 heavy (non-hydrogen) atoms. The second-order valence-electron chi connectivity index (χ2n) is 10.3. The Morgan fingerprint density at radius 3 is 2.76 bits per heavy atom. The summed E-state index contributed by atoms with van der Waals surface area (Å²) in [4.78, 5) is 18.1. The summed E-state index contributed by atoms with van der Waals surface area (Å²) >= 11 is 0. The molecular formula is C31H30FN2O3+. The number of piperidine rings is 3. The molecule has 3 fully saturated rings. The van der Waals surface area contributed by atoms with E-state index in [2.05, 4.69) is 11.6 Å². The Bertz CT molecular complexity index is 1500. The number of pyridine rings is 1. The van der Waals surface area contributed by atoms with Gasteiger partial charge in [-0.1, -0.05) is 36.4 Å². The first kappa shape index (κ1) is 23.6. The molecule has 0 saturated carbocycles. The first-order chi connectivity index (χ1) is 18.0. The highest BCUT2D eigenvalue weighted by Crippen LogP contribution is 2.48. The average Bonchev–Trinajstić information content (AvgIpc) is 2.94. The Kier molecular flexibility index (Phi) is 5.92. The van der Waals surface area contributed by atoms with Crippen molar-refractivity contribution in [3.8, 4) is 5.75 Å². The number of carbonyl (C=O) groups excluding carboxylic acids is 1. The van der Waals surface area contributed by atoms with Crippen molar-refractivity contribution in [2.45, 2.75) is 25.0 Å². The van der Waals surface area contributed by atoms with Crippen LogP contribution in [0.15, 0.2) is 85.6 Å². The van der Waals surface area contributed by atoms with Crippen LogP contribution in [0.2, 0.25) is 0 Å². The van der Waals surface area contributed by atoms with E-state index in [-0.39, 0.29) is 5.92 Å². The van der Waals surface area contributed by atoms with Crippen molar-refractivity contribution < 1.29 is 23.5 Å². The second-order valence-corrected chi connectivity index (χ2v) is 10.3. The Balaban J connectivity index is 1.44. The van der Waals surface area contributed by atoms with Gasteiger partial charge in [-0.2, -0.15) is 0 Å². The Labute approximate surface area is 215 Å². The second kappa shape index (κ2) is 9.27. The first-order valence-corrected chi connectivity index (χ1v) is 12.8. The summed E-state index contributed by atoms with van der Waals surface area (Å²) in [6.45, 7) is 4.72. The van der Waals surface area contributed by atoms with Crippen molar-refractivity contribution in [2.24, 2.45) is 11.8 Å². The first-order valence-electron chi connectivity index (χ1n) is 12.8. The van der Waals surface area contributed by atoms with Gasteiger partial charge < -0.3 is 9.47 Å². The van der Waals surface area contributed by atoms with Gasteiger partial charge in [-0.3, -0.25) is 4.98 Å². The lowest BCUT2D eigenvalue weighted by molar-refractivity contribution is -1.09. The maximum atomic E-state index is 16.6. The summed E-state index contributed by atoms with van der Waals surface area (Å²) in [7, 11) is 1.61. The number of rotatable bonds is 6. The minimum atomic E-state index is -0.782. The Morgan fingerprint density at radius 1 is 1.14 bits per heavy atom. The summed E-state index contributed by atoms with van der Waals surface area (Å²) < 4.78 is 27.8. The van der Waals surface area contributed by atoms with Gasteiger partial charge in [-0.05, 0) is 57.6 Å². The zero-order chi connectivity index (χ0) is 25.6. The molecule has 4 aromatic rings. The molecule has 188 valence electrons. The van der Waals surface area contributed by atoms with E-state index >= 15 is 4.48 Å². The maximum Gasteiger partial charge on any atom is 0.338 e. The van der Waals surface area contributed by atoms with Crippen LogP contribution in [-0.2, 0) is 4.74 Å². The molecule has 5 atom stereocenters. The van der Waals surface area contributed by atoms with Crippen LogP contribution < -0.4 is 4.74 Å². The van der Waals surface area contributed by atoms with Crippen molar-refractivity contribution in [3.63, 3.8) is 0 Å². The van der Waals surface area contributed by atoms with Crippen LogP contribution in [0.4, 0.5) is 4.48 Å². The number of fused-ring (bicyclic) bond motifs is 5. The monoisotopic (exact) mass is 497 g/mol. The number of hydrogen-bond donors (Lipinski definition) is 0. The molecule has 0 amide bonds. The number of esters is 1. The summed E-state index contributed by atoms with van der Waals surface area (Å²) in [5.74, 6) is 0.657. The zero-order valence-electron chi connectivity index (χ0n) is 20.8. The quantitative estimate of drug-likeness (QED) is 0.171. The maximum absolute atomic E-state index is 16.6. The van der Waals surface area contributed by atoms with Gasteiger partial charge >= 0.3 is 5.97 Å². The van der Waals surface area contributed by atoms with E-state index in [0.29, 0.717) is 36.7 Å². The molecule has 3 aromatic carbocycles. The number of hydrogen-bond acceptors (Lipinski definition) is 4. The average molecular weight is 498 g/mol. The van der Waals surface area contributed by atoms with Gasteiger partial charge in [-0.25, -0.2) is 4.79 Å². The van der Waals surface area contributed by atoms with Gasteiger partial charge in [-0.15, -0.1) is 11.3 Å². The minimum Gasteiger partial charge on any atom is -0.497 e. The molecule has 3 saturated heterocycles. The third kappa shape index (κ3) is 4.15. The Morgan fingerprint density at radius 2 is 1.97 bits per heavy atom. The fourth-order valence-electron chi connectivity index (χ4n) is 6.28. The summed E-state index contributed by atoms with van der Waals surface area (Å²) in [6, 6.07) is 20.3. The van der Waals surface area contributed by atoms with Gasteiger partial charge in [0.15, 0.2) is 12.1 Å². The van der Waals surface area contributed by atoms with Crippen molar-refractivity contribution in [3.05, 3.63) is 96.7 Å². The van der Waals surface area contributed by atoms with Crippen LogP contribution in [0.5, 0.6) is 5.75 Å². The molecule has 3 unspecified atom stereocenters. The minimum absolute atomic E-state index is 0.126. The van der Waals surface area contributed by atoms with Gasteiger partial charge in [0.1, 0.15) is 18.8 Å². The van der Waals surface area contributed by atoms with Crippen LogP contribution in [-0.4, -0.2) is 41.9 Å². The predicted octanol–water partition coefficient (Wildman–Crippen LogP) is 6.59. The topological polar surface area (TPSA) is 48.4 Å². The van der Waals surface area contributed by atoms with Crippen LogP contribution >= 0.6 is 0 Å². The highest BCUT2D eigenvalue weighted by molar-refractivity contribution is 5.95. The molecule has 4 heterocycles. The van der Waals surface area contributed by atoms with Crippen LogP contribution in [0.1, 0.15) is 34.9 Å². The molecule has 0 N–H and O–H groups in total. The number of ether oxygens (including phenoxy) is 2. The molecule has 3 aliphatic rings. The predicted molar refractivity (Wildman–Crippen MR) is 142 cm³/mol. The molecular weight excluding hydrogens is 467 g/mol. The number of nitrogens with zero attached hydrogens (tertiary/aromatic N) is 2. The number of halogens is 1. The molecule has 5 nitrogen and oxygen atoms in total. The summed E-state index contributed by atoms with van der Waals surface area (Å²) in [5.41, 5.74) is 1.95. The number of carbonyl (C=O) groups is 1. The normalized spacial score (nSPS) is 25.6. The van der Waals surface area contributed by atoms with Crippen LogP contribution in [0, 0.1) is 11.8 Å². The number of quaternary nitrogens is 1. The number of benzene rings is 3. The zero-order valence-corrected chi connectivity index (χ0v) is 20.8. The van der Waals surface area contributed by atoms with Crippen LogP contribution in [0.3, 0.4) is 0 Å². The highest BCUT2D eigenvalue weighted by atomic mass is 19.2. The van der Waals surface area contributed by atoms with Crippen molar-refractivity contribution in [1.29, 1.82) is 0 Å². The van der Waals surface area contributed by atoms with E-state index in [0.717, 1.165) is 33.7 Å². The SMILES string of the molecule is C=CC1C[N+]2(F)CCC1C[C@H]2[C@H](OC(=O)c1ccc2ccccc2c1)c1ccnc2ccc(OC)cc12. The molecule has 1 aromatic heterocycles. The molecule has 2 bridgehead atoms. The van der Waals surface area contributed by atoms with Crippen molar-refractivity contribution in [1.82, 2.24) is 4.98 Å². The summed E-state index contributed by atoms with van der Waals surface area (Å²) in [5, 5.41) is 2.80. The lowest BCUT2D eigenvalue weighted by Gasteiger charge is -2.50. The largest absolute Gasteiger partial charge is 0.497 e. The number of methoxy groups -OCH3 is 1. The van der Waals surface area contributed by atoms with Gasteiger partial charge in [0.2, 0.25) is 0 Å². The van der Waals surface area contributed by atoms with Gasteiger partial charge in [0.25, 0.3) is 0 Å². The van der Waals surface area contributed by atoms with Gasteiger partial charge in [0.05, 0.1) is 18.2 Å². The van der Waals surface area contributed by atoms with Crippen molar-refractivity contribution >= 4 is 27.6 Å². The molecule has 6 heteroatoms. The molecule has 3 aliphatic heterocycles. The van der Waals surface area contributed by atoms with Gasteiger partial charge in [0, 0.05) is 35.9 Å². The molecule has 0 spiro atoms. The summed E-state index contributed by atoms with van der Waals surface area (Å²) in [6.07, 6.45) is 4.23. The molecule has 7 rings (SSSR count). The lowest BCUT2D eigenvalue weighted by atomic mass is 9.73. The van der Waals surface area contributed by atoms with Crippen molar-refractivity contribution in [2.75, 3.05) is 20.2 Å². The van der Waals surface area contributed by atoms with E-state index in [9.17, 15) is 4.79 Å². The highest BCUT2D eigenvalue weighted by Gasteiger charge is 2.57. The van der Waals surface area contributed by atoms with Crippen LogP contribution in [0.25, 0.3) is 21.7 Å². The fraction of sp³-hybridized carbons (Fsp3) is 0.290. The fourth-order valence-corrected chi connectivity index (χ4v) is 6.28. The van der Waals surface area contributed by atoms with E-state index in [1.165, 1.54) is 0 Å². The third-order valence-electron chi connectivity index (χ3n) is 8.29. The smallest absolute Gasteiger partial charge is 0.338 e. The van der Waals surface area contributed by atoms with E-state index in [1.807, 2.05) is 66.7 Å².